The van der Waals surface area contributed by atoms with Crippen molar-refractivity contribution < 1.29 is 14.6 Å². The molecule has 1 atom stereocenters. The molecule has 2 saturated heterocycles. The molecule has 0 saturated carbocycles. The number of β-amino-alcohol motifs (C(OH)–C–C–N with tert-alkyl or cyclic N) is 1. The van der Waals surface area contributed by atoms with Gasteiger partial charge in [-0.05, 0) is 49.9 Å². The molecule has 2 aliphatic rings. The van der Waals surface area contributed by atoms with Crippen molar-refractivity contribution >= 4 is 16.8 Å². The Balaban J connectivity index is 1.54. The van der Waals surface area contributed by atoms with E-state index in [1.807, 2.05) is 7.05 Å². The van der Waals surface area contributed by atoms with Crippen molar-refractivity contribution in [1.29, 1.82) is 0 Å². The summed E-state index contributed by atoms with van der Waals surface area (Å²) in [6, 6.07) is 5.22. The zero-order valence-corrected chi connectivity index (χ0v) is 16.4. The van der Waals surface area contributed by atoms with Crippen molar-refractivity contribution in [3.05, 3.63) is 40.2 Å². The second kappa shape index (κ2) is 7.22. The maximum absolute atomic E-state index is 13.0. The molecule has 0 aliphatic carbocycles. The van der Waals surface area contributed by atoms with Gasteiger partial charge in [0.25, 0.3) is 5.91 Å². The van der Waals surface area contributed by atoms with Crippen molar-refractivity contribution in [3.63, 3.8) is 0 Å². The number of aliphatic hydroxyl groups is 1. The number of aromatic nitrogens is 1. The molecular formula is C21H27N3O4. The molecule has 1 spiro atoms. The van der Waals surface area contributed by atoms with E-state index >= 15 is 0 Å². The smallest absolute Gasteiger partial charge is 0.259 e. The largest absolute Gasteiger partial charge is 0.497 e. The van der Waals surface area contributed by atoms with E-state index in [4.69, 9.17) is 4.74 Å². The van der Waals surface area contributed by atoms with E-state index < -0.39 is 0 Å². The van der Waals surface area contributed by atoms with Crippen molar-refractivity contribution in [2.45, 2.75) is 25.4 Å². The van der Waals surface area contributed by atoms with Gasteiger partial charge in [0.2, 0.25) is 5.43 Å². The van der Waals surface area contributed by atoms with Gasteiger partial charge in [-0.25, -0.2) is 0 Å². The molecule has 4 rings (SSSR count). The van der Waals surface area contributed by atoms with E-state index in [9.17, 15) is 14.7 Å². The zero-order chi connectivity index (χ0) is 19.9. The summed E-state index contributed by atoms with van der Waals surface area (Å²) in [6.45, 7) is 2.87. The Morgan fingerprint density at radius 1 is 1.32 bits per heavy atom. The van der Waals surface area contributed by atoms with Crippen LogP contribution in [0.3, 0.4) is 0 Å². The first kappa shape index (κ1) is 19.0. The number of rotatable bonds is 2. The van der Waals surface area contributed by atoms with Gasteiger partial charge < -0.3 is 24.6 Å². The lowest BCUT2D eigenvalue weighted by molar-refractivity contribution is -0.0286. The molecule has 2 aliphatic heterocycles. The van der Waals surface area contributed by atoms with Gasteiger partial charge in [-0.1, -0.05) is 0 Å². The van der Waals surface area contributed by atoms with Crippen molar-refractivity contribution in [3.8, 4) is 5.75 Å². The molecule has 2 fully saturated rings. The van der Waals surface area contributed by atoms with Crippen molar-refractivity contribution in [2.24, 2.45) is 5.41 Å². The average molecular weight is 385 g/mol. The number of carbonyl (C=O) groups excluding carboxylic acids is 1. The fourth-order valence-electron chi connectivity index (χ4n) is 4.83. The maximum atomic E-state index is 13.0. The van der Waals surface area contributed by atoms with Gasteiger partial charge in [0, 0.05) is 43.3 Å². The number of amides is 1. The number of hydrogen-bond donors (Lipinski definition) is 2. The highest BCUT2D eigenvalue weighted by Crippen LogP contribution is 2.39. The quantitative estimate of drug-likeness (QED) is 0.817. The molecule has 7 heteroatoms. The number of H-pyrrole nitrogens is 1. The minimum absolute atomic E-state index is 0.0619. The van der Waals surface area contributed by atoms with Crippen LogP contribution in [0, 0.1) is 5.41 Å². The first-order valence-electron chi connectivity index (χ1n) is 9.76. The third-order valence-corrected chi connectivity index (χ3v) is 6.23. The van der Waals surface area contributed by atoms with Gasteiger partial charge in [0.05, 0.1) is 13.2 Å². The van der Waals surface area contributed by atoms with E-state index in [0.29, 0.717) is 36.3 Å². The number of pyridine rings is 1. The topological polar surface area (TPSA) is 85.9 Å². The molecule has 150 valence electrons. The Morgan fingerprint density at radius 3 is 2.75 bits per heavy atom. The molecule has 1 aromatic carbocycles. The molecule has 1 aromatic heterocycles. The van der Waals surface area contributed by atoms with Crippen LogP contribution in [0.15, 0.2) is 29.2 Å². The highest BCUT2D eigenvalue weighted by Gasteiger charge is 2.41. The van der Waals surface area contributed by atoms with Gasteiger partial charge in [0.1, 0.15) is 11.3 Å². The molecule has 3 heterocycles. The summed E-state index contributed by atoms with van der Waals surface area (Å²) >= 11 is 0. The zero-order valence-electron chi connectivity index (χ0n) is 16.4. The van der Waals surface area contributed by atoms with E-state index in [1.165, 1.54) is 6.20 Å². The summed E-state index contributed by atoms with van der Waals surface area (Å²) in [5.74, 6) is 0.355. The number of nitrogens with one attached hydrogen (secondary N) is 1. The van der Waals surface area contributed by atoms with Crippen LogP contribution in [0.4, 0.5) is 0 Å². The lowest BCUT2D eigenvalue weighted by Gasteiger charge is -2.48. The fraction of sp³-hybridized carbons (Fsp3) is 0.524. The predicted molar refractivity (Wildman–Crippen MR) is 107 cm³/mol. The third kappa shape index (κ3) is 3.40. The molecule has 1 amide bonds. The van der Waals surface area contributed by atoms with Crippen LogP contribution in [0.1, 0.15) is 29.6 Å². The molecule has 7 nitrogen and oxygen atoms in total. The Morgan fingerprint density at radius 2 is 2.07 bits per heavy atom. The van der Waals surface area contributed by atoms with Crippen LogP contribution in [0.2, 0.25) is 0 Å². The second-order valence-corrected chi connectivity index (χ2v) is 8.29. The summed E-state index contributed by atoms with van der Waals surface area (Å²) in [4.78, 5) is 32.9. The number of likely N-dealkylation sites (tertiary alicyclic amines) is 2. The van der Waals surface area contributed by atoms with E-state index in [2.05, 4.69) is 9.88 Å². The Hall–Kier alpha value is -2.38. The first-order chi connectivity index (χ1) is 13.4. The summed E-state index contributed by atoms with van der Waals surface area (Å²) in [6.07, 6.45) is 3.69. The number of piperidine rings is 2. The molecule has 0 bridgehead atoms. The summed E-state index contributed by atoms with van der Waals surface area (Å²) < 4.78 is 5.20. The SMILES string of the molecule is COc1ccc2[nH]cc(C(=O)N3CCC4(CC3)CC(O)CN(C)C4)c(=O)c2c1. The van der Waals surface area contributed by atoms with Gasteiger partial charge >= 0.3 is 0 Å². The second-order valence-electron chi connectivity index (χ2n) is 8.29. The number of aromatic amines is 1. The number of ether oxygens (including phenoxy) is 1. The number of nitrogens with zero attached hydrogens (tertiary/aromatic N) is 2. The van der Waals surface area contributed by atoms with Gasteiger partial charge in [-0.2, -0.15) is 0 Å². The lowest BCUT2D eigenvalue weighted by Crippen LogP contribution is -2.53. The summed E-state index contributed by atoms with van der Waals surface area (Å²) in [7, 11) is 3.58. The van der Waals surface area contributed by atoms with Crippen molar-refractivity contribution in [1.82, 2.24) is 14.8 Å². The van der Waals surface area contributed by atoms with E-state index in [-0.39, 0.29) is 28.4 Å². The number of carbonyl (C=O) groups is 1. The minimum atomic E-state index is -0.306. The average Bonchev–Trinajstić information content (AvgIpc) is 2.67. The van der Waals surface area contributed by atoms with Gasteiger partial charge in [0.15, 0.2) is 0 Å². The number of fused-ring (bicyclic) bond motifs is 1. The molecular weight excluding hydrogens is 358 g/mol. The number of methoxy groups -OCH3 is 1. The van der Waals surface area contributed by atoms with Crippen LogP contribution in [0.25, 0.3) is 10.9 Å². The highest BCUT2D eigenvalue weighted by molar-refractivity contribution is 5.97. The standard InChI is InChI=1S/C21H27N3O4/c1-23-12-14(25)10-21(13-23)5-7-24(8-6-21)20(27)17-11-22-18-4-3-15(28-2)9-16(18)19(17)26/h3-4,9,11,14,25H,5-8,10,12-13H2,1-2H3,(H,22,26). The summed E-state index contributed by atoms with van der Waals surface area (Å²) in [5.41, 5.74) is 0.634. The monoisotopic (exact) mass is 385 g/mol. The summed E-state index contributed by atoms with van der Waals surface area (Å²) in [5, 5.41) is 10.6. The van der Waals surface area contributed by atoms with E-state index in [0.717, 1.165) is 25.8 Å². The lowest BCUT2D eigenvalue weighted by atomic mass is 9.71. The van der Waals surface area contributed by atoms with Crippen LogP contribution in [-0.4, -0.2) is 72.2 Å². The molecule has 1 unspecified atom stereocenters. The van der Waals surface area contributed by atoms with Crippen molar-refractivity contribution in [2.75, 3.05) is 40.3 Å². The van der Waals surface area contributed by atoms with E-state index in [1.54, 1.807) is 30.2 Å². The Kier molecular flexibility index (Phi) is 4.89. The molecule has 2 aromatic rings. The van der Waals surface area contributed by atoms with Crippen LogP contribution < -0.4 is 10.2 Å². The van der Waals surface area contributed by atoms with Crippen LogP contribution in [-0.2, 0) is 0 Å². The van der Waals surface area contributed by atoms with Crippen LogP contribution in [0.5, 0.6) is 5.75 Å². The van der Waals surface area contributed by atoms with Crippen LogP contribution >= 0.6 is 0 Å². The number of benzene rings is 1. The predicted octanol–water partition coefficient (Wildman–Crippen LogP) is 1.46. The molecule has 0 radical (unpaired) electrons. The Labute approximate surface area is 163 Å². The fourth-order valence-corrected chi connectivity index (χ4v) is 4.83. The first-order valence-corrected chi connectivity index (χ1v) is 9.76. The number of likely N-dealkylation sites (N-methyl/N-ethyl adjacent to an activating group) is 1. The highest BCUT2D eigenvalue weighted by atomic mass is 16.5. The van der Waals surface area contributed by atoms with Gasteiger partial charge in [-0.15, -0.1) is 0 Å². The third-order valence-electron chi connectivity index (χ3n) is 6.23. The molecule has 28 heavy (non-hydrogen) atoms. The Bertz CT molecular complexity index is 934. The number of aliphatic hydroxyl groups excluding tert-OH is 1. The number of hydrogen-bond acceptors (Lipinski definition) is 5. The maximum Gasteiger partial charge on any atom is 0.259 e. The van der Waals surface area contributed by atoms with Gasteiger partial charge in [-0.3, -0.25) is 9.59 Å². The normalized spacial score (nSPS) is 22.5. The molecule has 2 N–H and O–H groups in total. The minimum Gasteiger partial charge on any atom is -0.497 e.